The number of ether oxygens (including phenoxy) is 1. The molecule has 5 heteroatoms. The fraction of sp³-hybridized carbons (Fsp3) is 0.286. The summed E-state index contributed by atoms with van der Waals surface area (Å²) >= 11 is 0. The maximum Gasteiger partial charge on any atom is 0.261 e. The molecule has 3 aromatic heterocycles. The van der Waals surface area contributed by atoms with Gasteiger partial charge in [0.15, 0.2) is 0 Å². The largest absolute Gasteiger partial charge is 0.469 e. The standard InChI is InChI=1S/C14H12N2O3/c1-2-10(17-7-1)8-18-12-6-5-11-13(9-3-4-9)16-19-14(11)15-12/h1-2,5-7,9H,3-4,8H2. The van der Waals surface area contributed by atoms with E-state index in [1.165, 1.54) is 12.8 Å². The fourth-order valence-corrected chi connectivity index (χ4v) is 2.10. The van der Waals surface area contributed by atoms with Gasteiger partial charge in [-0.2, -0.15) is 4.98 Å². The van der Waals surface area contributed by atoms with Gasteiger partial charge in [-0.25, -0.2) is 0 Å². The number of furan rings is 1. The third-order valence-corrected chi connectivity index (χ3v) is 3.25. The molecule has 0 aliphatic heterocycles. The number of rotatable bonds is 4. The molecule has 0 radical (unpaired) electrons. The number of hydrogen-bond acceptors (Lipinski definition) is 5. The van der Waals surface area contributed by atoms with Gasteiger partial charge in [0.25, 0.3) is 5.71 Å². The van der Waals surface area contributed by atoms with Crippen molar-refractivity contribution in [1.82, 2.24) is 10.1 Å². The molecule has 96 valence electrons. The molecule has 0 aromatic carbocycles. The van der Waals surface area contributed by atoms with E-state index in [-0.39, 0.29) is 0 Å². The molecule has 1 aliphatic carbocycles. The number of aromatic nitrogens is 2. The molecule has 3 aromatic rings. The minimum Gasteiger partial charge on any atom is -0.469 e. The van der Waals surface area contributed by atoms with Crippen LogP contribution in [0, 0.1) is 0 Å². The molecule has 0 N–H and O–H groups in total. The average molecular weight is 256 g/mol. The molecule has 0 saturated heterocycles. The molecular formula is C14H12N2O3. The van der Waals surface area contributed by atoms with Gasteiger partial charge in [0.2, 0.25) is 5.88 Å². The quantitative estimate of drug-likeness (QED) is 0.716. The minimum atomic E-state index is 0.356. The summed E-state index contributed by atoms with van der Waals surface area (Å²) in [6, 6.07) is 7.49. The molecule has 0 spiro atoms. The highest BCUT2D eigenvalue weighted by atomic mass is 16.5. The van der Waals surface area contributed by atoms with E-state index in [2.05, 4.69) is 10.1 Å². The van der Waals surface area contributed by atoms with Gasteiger partial charge in [-0.15, -0.1) is 0 Å². The Labute approximate surface area is 109 Å². The zero-order chi connectivity index (χ0) is 12.7. The van der Waals surface area contributed by atoms with Crippen LogP contribution in [0.15, 0.2) is 39.5 Å². The summed E-state index contributed by atoms with van der Waals surface area (Å²) in [7, 11) is 0. The molecule has 1 saturated carbocycles. The molecule has 0 atom stereocenters. The molecule has 5 nitrogen and oxygen atoms in total. The van der Waals surface area contributed by atoms with Crippen molar-refractivity contribution in [2.24, 2.45) is 0 Å². The second kappa shape index (κ2) is 4.12. The molecule has 4 rings (SSSR count). The first-order chi connectivity index (χ1) is 9.40. The van der Waals surface area contributed by atoms with E-state index in [1.54, 1.807) is 6.26 Å². The monoisotopic (exact) mass is 256 g/mol. The first-order valence-electron chi connectivity index (χ1n) is 6.31. The summed E-state index contributed by atoms with van der Waals surface area (Å²) in [5.41, 5.74) is 1.57. The molecule has 0 bridgehead atoms. The SMILES string of the molecule is c1coc(COc2ccc3c(C4CC4)noc3n2)c1. The van der Waals surface area contributed by atoms with Crippen LogP contribution in [-0.4, -0.2) is 10.1 Å². The van der Waals surface area contributed by atoms with Gasteiger partial charge in [0, 0.05) is 12.0 Å². The van der Waals surface area contributed by atoms with Crippen molar-refractivity contribution < 1.29 is 13.7 Å². The maximum absolute atomic E-state index is 5.55. The molecule has 1 aliphatic rings. The normalized spacial score (nSPS) is 14.9. The van der Waals surface area contributed by atoms with Crippen molar-refractivity contribution in [3.63, 3.8) is 0 Å². The van der Waals surface area contributed by atoms with E-state index < -0.39 is 0 Å². The molecule has 19 heavy (non-hydrogen) atoms. The number of pyridine rings is 1. The van der Waals surface area contributed by atoms with Crippen molar-refractivity contribution >= 4 is 11.1 Å². The third kappa shape index (κ3) is 1.97. The van der Waals surface area contributed by atoms with Gasteiger partial charge in [-0.3, -0.25) is 0 Å². The minimum absolute atomic E-state index is 0.356. The molecule has 0 unspecified atom stereocenters. The Morgan fingerprint density at radius 3 is 3.00 bits per heavy atom. The van der Waals surface area contributed by atoms with E-state index in [1.807, 2.05) is 24.3 Å². The van der Waals surface area contributed by atoms with E-state index in [0.717, 1.165) is 16.8 Å². The third-order valence-electron chi connectivity index (χ3n) is 3.25. The molecule has 3 heterocycles. The lowest BCUT2D eigenvalue weighted by Crippen LogP contribution is -1.95. The Morgan fingerprint density at radius 1 is 1.26 bits per heavy atom. The Balaban J connectivity index is 1.58. The van der Waals surface area contributed by atoms with E-state index in [4.69, 9.17) is 13.7 Å². The van der Waals surface area contributed by atoms with Crippen molar-refractivity contribution in [3.8, 4) is 5.88 Å². The summed E-state index contributed by atoms with van der Waals surface area (Å²) in [4.78, 5) is 4.31. The van der Waals surface area contributed by atoms with Gasteiger partial charge in [-0.1, -0.05) is 5.16 Å². The van der Waals surface area contributed by atoms with Crippen LogP contribution in [0.5, 0.6) is 5.88 Å². The second-order valence-electron chi connectivity index (χ2n) is 4.71. The summed E-state index contributed by atoms with van der Waals surface area (Å²) < 4.78 is 16.0. The van der Waals surface area contributed by atoms with Gasteiger partial charge in [0.05, 0.1) is 17.3 Å². The Morgan fingerprint density at radius 2 is 2.21 bits per heavy atom. The summed E-state index contributed by atoms with van der Waals surface area (Å²) in [6.07, 6.45) is 4.00. The van der Waals surface area contributed by atoms with Crippen LogP contribution >= 0.6 is 0 Å². The lowest BCUT2D eigenvalue weighted by Gasteiger charge is -2.02. The van der Waals surface area contributed by atoms with Crippen LogP contribution in [-0.2, 0) is 6.61 Å². The van der Waals surface area contributed by atoms with Crippen LogP contribution in [0.2, 0.25) is 0 Å². The predicted molar refractivity (Wildman–Crippen MR) is 66.8 cm³/mol. The van der Waals surface area contributed by atoms with Crippen LogP contribution in [0.4, 0.5) is 0 Å². The van der Waals surface area contributed by atoms with Crippen LogP contribution in [0.1, 0.15) is 30.2 Å². The Kier molecular flexibility index (Phi) is 2.30. The van der Waals surface area contributed by atoms with Crippen LogP contribution in [0.25, 0.3) is 11.1 Å². The summed E-state index contributed by atoms with van der Waals surface area (Å²) in [6.45, 7) is 0.356. The highest BCUT2D eigenvalue weighted by Crippen LogP contribution is 2.42. The summed E-state index contributed by atoms with van der Waals surface area (Å²) in [5.74, 6) is 1.83. The maximum atomic E-state index is 5.55. The lowest BCUT2D eigenvalue weighted by atomic mass is 10.2. The first kappa shape index (κ1) is 10.6. The number of fused-ring (bicyclic) bond motifs is 1. The lowest BCUT2D eigenvalue weighted by molar-refractivity contribution is 0.260. The highest BCUT2D eigenvalue weighted by Gasteiger charge is 2.29. The fourth-order valence-electron chi connectivity index (χ4n) is 2.10. The summed E-state index contributed by atoms with van der Waals surface area (Å²) in [5, 5.41) is 5.09. The molecular weight excluding hydrogens is 244 g/mol. The van der Waals surface area contributed by atoms with Crippen LogP contribution in [0.3, 0.4) is 0 Å². The average Bonchev–Trinajstić information content (AvgIpc) is 3.00. The van der Waals surface area contributed by atoms with Gasteiger partial charge >= 0.3 is 0 Å². The van der Waals surface area contributed by atoms with Crippen LogP contribution < -0.4 is 4.74 Å². The molecule has 0 amide bonds. The Bertz CT molecular complexity index is 699. The highest BCUT2D eigenvalue weighted by molar-refractivity contribution is 5.77. The molecule has 1 fully saturated rings. The topological polar surface area (TPSA) is 61.3 Å². The predicted octanol–water partition coefficient (Wildman–Crippen LogP) is 3.27. The first-order valence-corrected chi connectivity index (χ1v) is 6.31. The zero-order valence-corrected chi connectivity index (χ0v) is 10.2. The second-order valence-corrected chi connectivity index (χ2v) is 4.71. The van der Waals surface area contributed by atoms with Crippen molar-refractivity contribution in [2.45, 2.75) is 25.4 Å². The smallest absolute Gasteiger partial charge is 0.261 e. The zero-order valence-electron chi connectivity index (χ0n) is 10.2. The van der Waals surface area contributed by atoms with Crippen molar-refractivity contribution in [1.29, 1.82) is 0 Å². The van der Waals surface area contributed by atoms with Gasteiger partial charge < -0.3 is 13.7 Å². The van der Waals surface area contributed by atoms with Gasteiger partial charge in [0.1, 0.15) is 12.4 Å². The number of hydrogen-bond donors (Lipinski definition) is 0. The van der Waals surface area contributed by atoms with Crippen molar-refractivity contribution in [2.75, 3.05) is 0 Å². The Hall–Kier alpha value is -2.30. The van der Waals surface area contributed by atoms with E-state index in [0.29, 0.717) is 24.1 Å². The number of nitrogens with zero attached hydrogens (tertiary/aromatic N) is 2. The van der Waals surface area contributed by atoms with E-state index in [9.17, 15) is 0 Å². The van der Waals surface area contributed by atoms with Gasteiger partial charge in [-0.05, 0) is 31.0 Å². The van der Waals surface area contributed by atoms with Crippen molar-refractivity contribution in [3.05, 3.63) is 42.0 Å². The van der Waals surface area contributed by atoms with E-state index >= 15 is 0 Å².